The van der Waals surface area contributed by atoms with Gasteiger partial charge in [-0.15, -0.1) is 0 Å². The molecular weight excluding hydrogens is 536 g/mol. The lowest BCUT2D eigenvalue weighted by Crippen LogP contribution is -2.28. The second-order valence-corrected chi connectivity index (χ2v) is 13.1. The quantitative estimate of drug-likeness (QED) is 0.0666. The van der Waals surface area contributed by atoms with Crippen LogP contribution in [0.3, 0.4) is 0 Å². The van der Waals surface area contributed by atoms with Crippen molar-refractivity contribution in [2.75, 3.05) is 46.2 Å². The first kappa shape index (κ1) is 40.8. The number of hydrogen-bond donors (Lipinski definition) is 0. The average molecular weight is 613 g/mol. The minimum Gasteiger partial charge on any atom is -0.379 e. The molecule has 0 N–H and O–H groups in total. The summed E-state index contributed by atoms with van der Waals surface area (Å²) in [5.41, 5.74) is 0. The highest BCUT2D eigenvalue weighted by atomic mass is 16.7. The predicted molar refractivity (Wildman–Crippen MR) is 183 cm³/mol. The molecule has 0 aromatic carbocycles. The van der Waals surface area contributed by atoms with Gasteiger partial charge in [-0.25, -0.2) is 0 Å². The van der Waals surface area contributed by atoms with Crippen LogP contribution in [0, 0.1) is 0 Å². The van der Waals surface area contributed by atoms with Gasteiger partial charge in [0.25, 0.3) is 0 Å². The molecule has 258 valence electrons. The molecule has 43 heavy (non-hydrogen) atoms. The maximum absolute atomic E-state index is 6.23. The molecule has 0 aromatic rings. The van der Waals surface area contributed by atoms with Crippen molar-refractivity contribution in [3.05, 3.63) is 0 Å². The molecule has 0 spiro atoms. The van der Waals surface area contributed by atoms with Crippen molar-refractivity contribution in [1.29, 1.82) is 0 Å². The Labute approximate surface area is 269 Å². The molecule has 0 aromatic heterocycles. The topological polar surface area (TPSA) is 46.2 Å². The summed E-state index contributed by atoms with van der Waals surface area (Å²) < 4.78 is 29.7. The van der Waals surface area contributed by atoms with Crippen molar-refractivity contribution in [1.82, 2.24) is 0 Å². The highest BCUT2D eigenvalue weighted by Crippen LogP contribution is 2.15. The maximum atomic E-state index is 6.23. The Morgan fingerprint density at radius 2 is 0.930 bits per heavy atom. The van der Waals surface area contributed by atoms with Crippen LogP contribution in [0.2, 0.25) is 0 Å². The number of unbranched alkanes of at least 4 members (excludes halogenated alkanes) is 22. The third kappa shape index (κ3) is 30.2. The molecule has 5 nitrogen and oxygen atoms in total. The summed E-state index contributed by atoms with van der Waals surface area (Å²) in [6, 6.07) is 0. The minimum atomic E-state index is -0.0472. The molecule has 0 saturated carbocycles. The Balaban J connectivity index is 2.05. The zero-order valence-corrected chi connectivity index (χ0v) is 29.2. The van der Waals surface area contributed by atoms with Gasteiger partial charge in [0.2, 0.25) is 0 Å². The predicted octanol–water partition coefficient (Wildman–Crippen LogP) is 11.4. The first-order valence-corrected chi connectivity index (χ1v) is 19.4. The Kier molecular flexibility index (Phi) is 32.9. The van der Waals surface area contributed by atoms with Crippen LogP contribution in [-0.2, 0) is 23.7 Å². The molecule has 0 bridgehead atoms. The fourth-order valence-electron chi connectivity index (χ4n) is 5.89. The van der Waals surface area contributed by atoms with Crippen LogP contribution < -0.4 is 0 Å². The van der Waals surface area contributed by atoms with Gasteiger partial charge in [0.1, 0.15) is 6.10 Å². The van der Waals surface area contributed by atoms with Gasteiger partial charge in [-0.1, -0.05) is 155 Å². The zero-order chi connectivity index (χ0) is 30.7. The second kappa shape index (κ2) is 34.7. The van der Waals surface area contributed by atoms with Crippen molar-refractivity contribution in [2.24, 2.45) is 0 Å². The first-order valence-electron chi connectivity index (χ1n) is 19.4. The van der Waals surface area contributed by atoms with Crippen molar-refractivity contribution in [3.63, 3.8) is 0 Å². The van der Waals surface area contributed by atoms with Crippen molar-refractivity contribution in [2.45, 2.75) is 200 Å². The third-order valence-electron chi connectivity index (χ3n) is 8.77. The molecule has 1 fully saturated rings. The summed E-state index contributed by atoms with van der Waals surface area (Å²) in [4.78, 5) is 0. The van der Waals surface area contributed by atoms with Gasteiger partial charge >= 0.3 is 0 Å². The van der Waals surface area contributed by atoms with E-state index in [1.165, 1.54) is 148 Å². The van der Waals surface area contributed by atoms with Gasteiger partial charge in [-0.3, -0.25) is 0 Å². The van der Waals surface area contributed by atoms with E-state index in [1.807, 2.05) is 0 Å². The Hall–Kier alpha value is -0.200. The SMILES string of the molecule is CCCCCCCCCCCCCCOCC(COCCOC1CCCCO1)OCCCCCCCCCCCCCC. The normalized spacial score (nSPS) is 16.2. The molecule has 2 unspecified atom stereocenters. The van der Waals surface area contributed by atoms with E-state index < -0.39 is 0 Å². The van der Waals surface area contributed by atoms with Gasteiger partial charge in [0.15, 0.2) is 6.29 Å². The van der Waals surface area contributed by atoms with Crippen molar-refractivity contribution in [3.8, 4) is 0 Å². The van der Waals surface area contributed by atoms with Crippen LogP contribution >= 0.6 is 0 Å². The molecule has 1 aliphatic heterocycles. The molecule has 2 atom stereocenters. The highest BCUT2D eigenvalue weighted by molar-refractivity contribution is 4.58. The van der Waals surface area contributed by atoms with E-state index >= 15 is 0 Å². The fourth-order valence-corrected chi connectivity index (χ4v) is 5.89. The van der Waals surface area contributed by atoms with Crippen LogP contribution in [0.15, 0.2) is 0 Å². The van der Waals surface area contributed by atoms with E-state index in [4.69, 9.17) is 23.7 Å². The first-order chi connectivity index (χ1) is 21.4. The molecule has 0 aliphatic carbocycles. The van der Waals surface area contributed by atoms with E-state index in [0.717, 1.165) is 45.5 Å². The van der Waals surface area contributed by atoms with Crippen LogP contribution in [0.1, 0.15) is 187 Å². The smallest absolute Gasteiger partial charge is 0.157 e. The summed E-state index contributed by atoms with van der Waals surface area (Å²) in [5, 5.41) is 0. The van der Waals surface area contributed by atoms with Gasteiger partial charge in [-0.2, -0.15) is 0 Å². The lowest BCUT2D eigenvalue weighted by molar-refractivity contribution is -0.171. The second-order valence-electron chi connectivity index (χ2n) is 13.1. The summed E-state index contributed by atoms with van der Waals surface area (Å²) in [5.74, 6) is 0. The summed E-state index contributed by atoms with van der Waals surface area (Å²) in [6.07, 6.45) is 36.1. The highest BCUT2D eigenvalue weighted by Gasteiger charge is 2.14. The third-order valence-corrected chi connectivity index (χ3v) is 8.77. The Morgan fingerprint density at radius 3 is 1.40 bits per heavy atom. The fraction of sp³-hybridized carbons (Fsp3) is 1.00. The Bertz CT molecular complexity index is 511. The minimum absolute atomic E-state index is 0.0102. The molecule has 1 heterocycles. The lowest BCUT2D eigenvalue weighted by atomic mass is 10.1. The molecule has 5 heteroatoms. The van der Waals surface area contributed by atoms with Crippen LogP contribution in [0.25, 0.3) is 0 Å². The molecule has 1 rings (SSSR count). The molecular formula is C38H76O5. The van der Waals surface area contributed by atoms with Crippen LogP contribution in [-0.4, -0.2) is 58.6 Å². The number of hydrogen-bond acceptors (Lipinski definition) is 5. The monoisotopic (exact) mass is 613 g/mol. The van der Waals surface area contributed by atoms with E-state index in [2.05, 4.69) is 13.8 Å². The van der Waals surface area contributed by atoms with Gasteiger partial charge in [0.05, 0.1) is 26.4 Å². The van der Waals surface area contributed by atoms with E-state index in [1.54, 1.807) is 0 Å². The van der Waals surface area contributed by atoms with E-state index in [0.29, 0.717) is 26.4 Å². The average Bonchev–Trinajstić information content (AvgIpc) is 3.03. The van der Waals surface area contributed by atoms with Crippen molar-refractivity contribution < 1.29 is 23.7 Å². The van der Waals surface area contributed by atoms with Gasteiger partial charge in [-0.05, 0) is 32.1 Å². The number of rotatable bonds is 35. The Morgan fingerprint density at radius 1 is 0.488 bits per heavy atom. The van der Waals surface area contributed by atoms with Crippen LogP contribution in [0.5, 0.6) is 0 Å². The molecule has 1 aliphatic rings. The maximum Gasteiger partial charge on any atom is 0.157 e. The van der Waals surface area contributed by atoms with Gasteiger partial charge in [0, 0.05) is 19.8 Å². The molecule has 1 saturated heterocycles. The largest absolute Gasteiger partial charge is 0.379 e. The molecule has 0 amide bonds. The van der Waals surface area contributed by atoms with Crippen LogP contribution in [0.4, 0.5) is 0 Å². The van der Waals surface area contributed by atoms with E-state index in [9.17, 15) is 0 Å². The summed E-state index contributed by atoms with van der Waals surface area (Å²) in [7, 11) is 0. The number of ether oxygens (including phenoxy) is 5. The van der Waals surface area contributed by atoms with E-state index in [-0.39, 0.29) is 12.4 Å². The van der Waals surface area contributed by atoms with Gasteiger partial charge < -0.3 is 23.7 Å². The summed E-state index contributed by atoms with van der Waals surface area (Å²) in [6.45, 7) is 9.40. The molecule has 0 radical (unpaired) electrons. The standard InChI is InChI=1S/C38H76O5/c1-3-5-7-9-11-13-15-17-19-21-23-26-30-39-35-37(36-40-33-34-43-38-29-25-28-32-42-38)41-31-27-24-22-20-18-16-14-12-10-8-6-4-2/h37-38H,3-36H2,1-2H3. The lowest BCUT2D eigenvalue weighted by Gasteiger charge is -2.23. The zero-order valence-electron chi connectivity index (χ0n) is 29.2. The van der Waals surface area contributed by atoms with Crippen molar-refractivity contribution >= 4 is 0 Å². The summed E-state index contributed by atoms with van der Waals surface area (Å²) >= 11 is 0.